The molecule has 1 aromatic rings. The average molecular weight is 236 g/mol. The van der Waals surface area contributed by atoms with Crippen LogP contribution in [0.5, 0.6) is 5.75 Å². The highest BCUT2D eigenvalue weighted by Crippen LogP contribution is 2.26. The van der Waals surface area contributed by atoms with Crippen molar-refractivity contribution in [3.8, 4) is 5.75 Å². The molecule has 1 heterocycles. The molecule has 1 aliphatic rings. The van der Waals surface area contributed by atoms with Crippen molar-refractivity contribution >= 4 is 0 Å². The van der Waals surface area contributed by atoms with Gasteiger partial charge in [0, 0.05) is 18.8 Å². The molecule has 17 heavy (non-hydrogen) atoms. The molecule has 1 aliphatic heterocycles. The van der Waals surface area contributed by atoms with E-state index in [1.807, 2.05) is 24.3 Å². The van der Waals surface area contributed by atoms with Gasteiger partial charge in [0.1, 0.15) is 5.75 Å². The fraction of sp³-hybridized carbons (Fsp3) is 0.571. The predicted octanol–water partition coefficient (Wildman–Crippen LogP) is 2.55. The summed E-state index contributed by atoms with van der Waals surface area (Å²) in [4.78, 5) is 0. The van der Waals surface area contributed by atoms with Gasteiger partial charge < -0.3 is 14.6 Å². The van der Waals surface area contributed by atoms with Gasteiger partial charge in [-0.25, -0.2) is 0 Å². The topological polar surface area (TPSA) is 38.7 Å². The minimum atomic E-state index is -0.485. The van der Waals surface area contributed by atoms with Crippen LogP contribution in [0.15, 0.2) is 24.3 Å². The van der Waals surface area contributed by atoms with Gasteiger partial charge in [0.05, 0.1) is 12.7 Å². The number of hydrogen-bond donors (Lipinski definition) is 1. The van der Waals surface area contributed by atoms with Crippen LogP contribution in [0.2, 0.25) is 0 Å². The van der Waals surface area contributed by atoms with Crippen LogP contribution in [0.4, 0.5) is 0 Å². The lowest BCUT2D eigenvalue weighted by molar-refractivity contribution is 0.0491. The zero-order valence-corrected chi connectivity index (χ0v) is 10.3. The molecule has 1 N–H and O–H groups in total. The first-order chi connectivity index (χ1) is 8.27. The Balaban J connectivity index is 1.93. The Bertz CT molecular complexity index is 343. The summed E-state index contributed by atoms with van der Waals surface area (Å²) >= 11 is 0. The number of hydrogen-bond acceptors (Lipinski definition) is 3. The van der Waals surface area contributed by atoms with Gasteiger partial charge in [0.2, 0.25) is 0 Å². The number of ether oxygens (including phenoxy) is 2. The van der Waals surface area contributed by atoms with E-state index in [0.29, 0.717) is 12.5 Å². The molecule has 0 aliphatic carbocycles. The van der Waals surface area contributed by atoms with Crippen molar-refractivity contribution < 1.29 is 14.6 Å². The highest BCUT2D eigenvalue weighted by Gasteiger charge is 2.15. The van der Waals surface area contributed by atoms with Crippen LogP contribution in [0.3, 0.4) is 0 Å². The van der Waals surface area contributed by atoms with E-state index >= 15 is 0 Å². The molecule has 0 unspecified atom stereocenters. The summed E-state index contributed by atoms with van der Waals surface area (Å²) in [5.74, 6) is 1.37. The van der Waals surface area contributed by atoms with Gasteiger partial charge in [-0.3, -0.25) is 0 Å². The number of aliphatic hydroxyl groups is 1. The van der Waals surface area contributed by atoms with E-state index in [1.54, 1.807) is 6.92 Å². The van der Waals surface area contributed by atoms with Crippen molar-refractivity contribution in [3.63, 3.8) is 0 Å². The first kappa shape index (κ1) is 12.4. The number of rotatable bonds is 4. The standard InChI is InChI=1S/C14H20O3/c1-11(15)13-4-2-3-5-14(13)17-10-12-6-8-16-9-7-12/h2-5,11-12,15H,6-10H2,1H3/t11-/m0/s1. The molecule has 1 atom stereocenters. The lowest BCUT2D eigenvalue weighted by Gasteiger charge is -2.23. The summed E-state index contributed by atoms with van der Waals surface area (Å²) in [5, 5.41) is 9.64. The Labute approximate surface area is 102 Å². The lowest BCUT2D eigenvalue weighted by atomic mass is 10.0. The SMILES string of the molecule is C[C@H](O)c1ccccc1OCC1CCOCC1. The average Bonchev–Trinajstić information content (AvgIpc) is 2.38. The number of aliphatic hydroxyl groups excluding tert-OH is 1. The van der Waals surface area contributed by atoms with Gasteiger partial charge in [-0.1, -0.05) is 18.2 Å². The maximum atomic E-state index is 9.64. The van der Waals surface area contributed by atoms with Crippen LogP contribution in [0.25, 0.3) is 0 Å². The van der Waals surface area contributed by atoms with Gasteiger partial charge in [0.25, 0.3) is 0 Å². The van der Waals surface area contributed by atoms with E-state index in [2.05, 4.69) is 0 Å². The Morgan fingerprint density at radius 2 is 2.06 bits per heavy atom. The number of para-hydroxylation sites is 1. The molecule has 94 valence electrons. The summed E-state index contributed by atoms with van der Waals surface area (Å²) in [7, 11) is 0. The van der Waals surface area contributed by atoms with Gasteiger partial charge >= 0.3 is 0 Å². The number of benzene rings is 1. The molecule has 2 rings (SSSR count). The molecule has 3 heteroatoms. The Morgan fingerprint density at radius 3 is 2.76 bits per heavy atom. The molecule has 0 bridgehead atoms. The van der Waals surface area contributed by atoms with E-state index in [1.165, 1.54) is 0 Å². The second-order valence-corrected chi connectivity index (χ2v) is 4.58. The second kappa shape index (κ2) is 6.03. The zero-order valence-electron chi connectivity index (χ0n) is 10.3. The van der Waals surface area contributed by atoms with Crippen LogP contribution in [0.1, 0.15) is 31.4 Å². The second-order valence-electron chi connectivity index (χ2n) is 4.58. The van der Waals surface area contributed by atoms with Gasteiger partial charge in [-0.2, -0.15) is 0 Å². The fourth-order valence-corrected chi connectivity index (χ4v) is 2.08. The Hall–Kier alpha value is -1.06. The minimum Gasteiger partial charge on any atom is -0.493 e. The predicted molar refractivity (Wildman–Crippen MR) is 66.1 cm³/mol. The summed E-state index contributed by atoms with van der Waals surface area (Å²) in [5.41, 5.74) is 0.861. The molecular weight excluding hydrogens is 216 g/mol. The smallest absolute Gasteiger partial charge is 0.125 e. The highest BCUT2D eigenvalue weighted by molar-refractivity contribution is 5.34. The van der Waals surface area contributed by atoms with E-state index in [0.717, 1.165) is 37.4 Å². The largest absolute Gasteiger partial charge is 0.493 e. The molecule has 1 fully saturated rings. The monoisotopic (exact) mass is 236 g/mol. The van der Waals surface area contributed by atoms with Crippen molar-refractivity contribution in [1.29, 1.82) is 0 Å². The molecule has 0 amide bonds. The van der Waals surface area contributed by atoms with Crippen molar-refractivity contribution in [3.05, 3.63) is 29.8 Å². The molecule has 1 aromatic carbocycles. The van der Waals surface area contributed by atoms with Crippen LogP contribution in [0, 0.1) is 5.92 Å². The maximum absolute atomic E-state index is 9.64. The van der Waals surface area contributed by atoms with Gasteiger partial charge in [0.15, 0.2) is 0 Å². The third kappa shape index (κ3) is 3.45. The molecular formula is C14H20O3. The summed E-state index contributed by atoms with van der Waals surface area (Å²) in [6, 6.07) is 7.68. The molecule has 1 saturated heterocycles. The molecule has 0 spiro atoms. The lowest BCUT2D eigenvalue weighted by Crippen LogP contribution is -2.21. The first-order valence-electron chi connectivity index (χ1n) is 6.25. The molecule has 0 radical (unpaired) electrons. The summed E-state index contributed by atoms with van der Waals surface area (Å²) in [6.45, 7) is 4.15. The van der Waals surface area contributed by atoms with Crippen LogP contribution in [-0.4, -0.2) is 24.9 Å². The third-order valence-corrected chi connectivity index (χ3v) is 3.18. The van der Waals surface area contributed by atoms with Crippen molar-refractivity contribution in [1.82, 2.24) is 0 Å². The maximum Gasteiger partial charge on any atom is 0.125 e. The van der Waals surface area contributed by atoms with Crippen LogP contribution >= 0.6 is 0 Å². The van der Waals surface area contributed by atoms with Crippen LogP contribution < -0.4 is 4.74 Å². The fourth-order valence-electron chi connectivity index (χ4n) is 2.08. The Kier molecular flexibility index (Phi) is 4.40. The van der Waals surface area contributed by atoms with E-state index < -0.39 is 6.10 Å². The van der Waals surface area contributed by atoms with Gasteiger partial charge in [-0.05, 0) is 31.7 Å². The van der Waals surface area contributed by atoms with Crippen molar-refractivity contribution in [2.45, 2.75) is 25.9 Å². The summed E-state index contributed by atoms with van der Waals surface area (Å²) < 4.78 is 11.1. The van der Waals surface area contributed by atoms with Crippen molar-refractivity contribution in [2.75, 3.05) is 19.8 Å². The van der Waals surface area contributed by atoms with Crippen molar-refractivity contribution in [2.24, 2.45) is 5.92 Å². The van der Waals surface area contributed by atoms with E-state index in [9.17, 15) is 5.11 Å². The first-order valence-corrected chi connectivity index (χ1v) is 6.25. The molecule has 0 saturated carbocycles. The minimum absolute atomic E-state index is 0.485. The van der Waals surface area contributed by atoms with E-state index in [-0.39, 0.29) is 0 Å². The molecule has 0 aromatic heterocycles. The third-order valence-electron chi connectivity index (χ3n) is 3.18. The van der Waals surface area contributed by atoms with E-state index in [4.69, 9.17) is 9.47 Å². The molecule has 3 nitrogen and oxygen atoms in total. The normalized spacial score (nSPS) is 18.9. The van der Waals surface area contributed by atoms with Gasteiger partial charge in [-0.15, -0.1) is 0 Å². The highest BCUT2D eigenvalue weighted by atomic mass is 16.5. The zero-order chi connectivity index (χ0) is 12.1. The van der Waals surface area contributed by atoms with Crippen LogP contribution in [-0.2, 0) is 4.74 Å². The quantitative estimate of drug-likeness (QED) is 0.873. The summed E-state index contributed by atoms with van der Waals surface area (Å²) in [6.07, 6.45) is 1.65. The Morgan fingerprint density at radius 1 is 1.35 bits per heavy atom.